The van der Waals surface area contributed by atoms with Crippen LogP contribution in [0.1, 0.15) is 37.4 Å². The van der Waals surface area contributed by atoms with Gasteiger partial charge in [0.05, 0.1) is 5.69 Å². The number of hydrogen-bond acceptors (Lipinski definition) is 4. The highest BCUT2D eigenvalue weighted by Crippen LogP contribution is 2.06. The molecule has 0 amide bonds. The highest BCUT2D eigenvalue weighted by atomic mass is 16.4. The summed E-state index contributed by atoms with van der Waals surface area (Å²) in [4.78, 5) is 0. The predicted octanol–water partition coefficient (Wildman–Crippen LogP) is 0.989. The number of aryl methyl sites for hydroxylation is 2. The second-order valence-corrected chi connectivity index (χ2v) is 4.35. The number of hydrogen-bond donors (Lipinski definition) is 3. The van der Waals surface area contributed by atoms with Gasteiger partial charge in [-0.15, -0.1) is 0 Å². The fourth-order valence-electron chi connectivity index (χ4n) is 1.86. The number of aromatic nitrogens is 2. The molecule has 0 aliphatic heterocycles. The largest absolute Gasteiger partial charge is 0.409 e. The molecular weight excluding hydrogens is 230 g/mol. The van der Waals surface area contributed by atoms with Gasteiger partial charge in [-0.3, -0.25) is 4.68 Å². The lowest BCUT2D eigenvalue weighted by atomic mass is 10.2. The van der Waals surface area contributed by atoms with Gasteiger partial charge in [0, 0.05) is 31.8 Å². The smallest absolute Gasteiger partial charge is 0.139 e. The van der Waals surface area contributed by atoms with Crippen molar-refractivity contribution in [3.63, 3.8) is 0 Å². The molecule has 0 radical (unpaired) electrons. The fraction of sp³-hybridized carbons (Fsp3) is 0.667. The second-order valence-electron chi connectivity index (χ2n) is 4.35. The molecule has 18 heavy (non-hydrogen) atoms. The first-order valence-electron chi connectivity index (χ1n) is 6.35. The van der Waals surface area contributed by atoms with Crippen LogP contribution in [0.5, 0.6) is 0 Å². The highest BCUT2D eigenvalue weighted by molar-refractivity contribution is 5.79. The molecule has 102 valence electrons. The molecule has 0 unspecified atom stereocenters. The van der Waals surface area contributed by atoms with Crippen LogP contribution in [0.2, 0.25) is 0 Å². The molecular formula is C12H23N5O. The van der Waals surface area contributed by atoms with Crippen LogP contribution in [0.25, 0.3) is 0 Å². The molecule has 0 aliphatic carbocycles. The van der Waals surface area contributed by atoms with Crippen LogP contribution in [-0.2, 0) is 20.0 Å². The lowest BCUT2D eigenvalue weighted by molar-refractivity contribution is 0.316. The number of nitrogens with zero attached hydrogens (tertiary/aromatic N) is 3. The van der Waals surface area contributed by atoms with Crippen LogP contribution in [0, 0.1) is 0 Å². The average Bonchev–Trinajstić information content (AvgIpc) is 2.73. The van der Waals surface area contributed by atoms with Crippen LogP contribution >= 0.6 is 0 Å². The van der Waals surface area contributed by atoms with E-state index in [1.165, 1.54) is 5.56 Å². The SMILES string of the molecule is CCc1nn(C)cc1CNCCCC/C(N)=N/O. The topological polar surface area (TPSA) is 88.5 Å². The van der Waals surface area contributed by atoms with E-state index < -0.39 is 0 Å². The van der Waals surface area contributed by atoms with Crippen molar-refractivity contribution in [1.29, 1.82) is 0 Å². The molecule has 4 N–H and O–H groups in total. The summed E-state index contributed by atoms with van der Waals surface area (Å²) < 4.78 is 1.86. The molecule has 0 saturated carbocycles. The first-order chi connectivity index (χ1) is 8.67. The number of nitrogens with two attached hydrogens (primary N) is 1. The number of unbranched alkanes of at least 4 members (excludes halogenated alkanes) is 1. The maximum absolute atomic E-state index is 8.38. The summed E-state index contributed by atoms with van der Waals surface area (Å²) in [7, 11) is 1.94. The summed E-state index contributed by atoms with van der Waals surface area (Å²) in [5.41, 5.74) is 7.80. The molecule has 1 aromatic heterocycles. The minimum absolute atomic E-state index is 0.301. The van der Waals surface area contributed by atoms with Crippen molar-refractivity contribution in [2.75, 3.05) is 6.54 Å². The molecule has 1 aromatic rings. The molecule has 0 spiro atoms. The van der Waals surface area contributed by atoms with Crippen LogP contribution in [-0.4, -0.2) is 27.4 Å². The Balaban J connectivity index is 2.17. The van der Waals surface area contributed by atoms with E-state index in [9.17, 15) is 0 Å². The molecule has 6 nitrogen and oxygen atoms in total. The van der Waals surface area contributed by atoms with Gasteiger partial charge in [-0.1, -0.05) is 12.1 Å². The zero-order valence-corrected chi connectivity index (χ0v) is 11.2. The Morgan fingerprint density at radius 2 is 2.33 bits per heavy atom. The summed E-state index contributed by atoms with van der Waals surface area (Å²) in [5, 5.41) is 19.1. The summed E-state index contributed by atoms with van der Waals surface area (Å²) in [6.45, 7) is 3.89. The lowest BCUT2D eigenvalue weighted by Crippen LogP contribution is -2.16. The normalized spacial score (nSPS) is 12.0. The average molecular weight is 253 g/mol. The van der Waals surface area contributed by atoms with Gasteiger partial charge in [0.1, 0.15) is 5.84 Å². The Bertz CT molecular complexity index is 386. The standard InChI is InChI=1S/C12H23N5O/c1-3-11-10(9-17(2)15-11)8-14-7-5-4-6-12(13)16-18/h9,14,18H,3-8H2,1-2H3,(H2,13,16). The van der Waals surface area contributed by atoms with Crippen molar-refractivity contribution in [3.05, 3.63) is 17.5 Å². The van der Waals surface area contributed by atoms with Gasteiger partial charge in [-0.05, 0) is 25.8 Å². The Morgan fingerprint density at radius 1 is 1.56 bits per heavy atom. The second kappa shape index (κ2) is 7.71. The molecule has 0 saturated heterocycles. The Kier molecular flexibility index (Phi) is 6.21. The van der Waals surface area contributed by atoms with E-state index >= 15 is 0 Å². The number of rotatable bonds is 8. The van der Waals surface area contributed by atoms with E-state index in [2.05, 4.69) is 28.7 Å². The van der Waals surface area contributed by atoms with Crippen molar-refractivity contribution in [3.8, 4) is 0 Å². The van der Waals surface area contributed by atoms with Gasteiger partial charge in [-0.2, -0.15) is 5.10 Å². The van der Waals surface area contributed by atoms with E-state index in [1.54, 1.807) is 0 Å². The third kappa shape index (κ3) is 4.75. The van der Waals surface area contributed by atoms with Crippen molar-refractivity contribution in [1.82, 2.24) is 15.1 Å². The molecule has 1 heterocycles. The molecule has 0 aliphatic rings. The van der Waals surface area contributed by atoms with Gasteiger partial charge in [0.2, 0.25) is 0 Å². The zero-order valence-electron chi connectivity index (χ0n) is 11.2. The molecule has 6 heteroatoms. The Hall–Kier alpha value is -1.56. The summed E-state index contributed by atoms with van der Waals surface area (Å²) >= 11 is 0. The van der Waals surface area contributed by atoms with Crippen molar-refractivity contribution in [2.24, 2.45) is 17.9 Å². The van der Waals surface area contributed by atoms with Crippen molar-refractivity contribution >= 4 is 5.84 Å². The lowest BCUT2D eigenvalue weighted by Gasteiger charge is -2.04. The van der Waals surface area contributed by atoms with Crippen LogP contribution in [0.4, 0.5) is 0 Å². The first-order valence-corrected chi connectivity index (χ1v) is 6.35. The van der Waals surface area contributed by atoms with Crippen LogP contribution in [0.3, 0.4) is 0 Å². The van der Waals surface area contributed by atoms with Gasteiger partial charge in [-0.25, -0.2) is 0 Å². The van der Waals surface area contributed by atoms with Gasteiger partial charge in [0.25, 0.3) is 0 Å². The van der Waals surface area contributed by atoms with E-state index in [0.29, 0.717) is 12.3 Å². The maximum atomic E-state index is 8.38. The number of amidine groups is 1. The monoisotopic (exact) mass is 253 g/mol. The van der Waals surface area contributed by atoms with E-state index in [0.717, 1.165) is 38.0 Å². The summed E-state index contributed by atoms with van der Waals surface area (Å²) in [5.74, 6) is 0.301. The molecule has 0 bridgehead atoms. The Labute approximate surface area is 108 Å². The number of oxime groups is 1. The minimum atomic E-state index is 0.301. The summed E-state index contributed by atoms with van der Waals surface area (Å²) in [6.07, 6.45) is 5.60. The Morgan fingerprint density at radius 3 is 3.00 bits per heavy atom. The van der Waals surface area contributed by atoms with Crippen molar-refractivity contribution in [2.45, 2.75) is 39.2 Å². The molecule has 0 fully saturated rings. The molecule has 0 atom stereocenters. The minimum Gasteiger partial charge on any atom is -0.409 e. The van der Waals surface area contributed by atoms with Crippen LogP contribution in [0.15, 0.2) is 11.4 Å². The zero-order chi connectivity index (χ0) is 13.4. The molecule has 1 rings (SSSR count). The fourth-order valence-corrected chi connectivity index (χ4v) is 1.86. The van der Waals surface area contributed by atoms with Gasteiger partial charge >= 0.3 is 0 Å². The van der Waals surface area contributed by atoms with Gasteiger partial charge < -0.3 is 16.3 Å². The third-order valence-electron chi connectivity index (χ3n) is 2.81. The van der Waals surface area contributed by atoms with Crippen LogP contribution < -0.4 is 11.1 Å². The molecule has 0 aromatic carbocycles. The van der Waals surface area contributed by atoms with Gasteiger partial charge in [0.15, 0.2) is 0 Å². The van der Waals surface area contributed by atoms with E-state index in [1.807, 2.05) is 11.7 Å². The number of nitrogens with one attached hydrogen (secondary N) is 1. The van der Waals surface area contributed by atoms with Crippen molar-refractivity contribution < 1.29 is 5.21 Å². The summed E-state index contributed by atoms with van der Waals surface area (Å²) in [6, 6.07) is 0. The third-order valence-corrected chi connectivity index (χ3v) is 2.81. The highest BCUT2D eigenvalue weighted by Gasteiger charge is 2.04. The predicted molar refractivity (Wildman–Crippen MR) is 71.6 cm³/mol. The maximum Gasteiger partial charge on any atom is 0.139 e. The van der Waals surface area contributed by atoms with E-state index in [4.69, 9.17) is 10.9 Å². The van der Waals surface area contributed by atoms with E-state index in [-0.39, 0.29) is 0 Å². The first kappa shape index (κ1) is 14.5. The quantitative estimate of drug-likeness (QED) is 0.212.